The molecule has 2 N–H and O–H groups in total. The van der Waals surface area contributed by atoms with E-state index in [0.717, 1.165) is 56.3 Å². The fourth-order valence-electron chi connectivity index (χ4n) is 4.09. The summed E-state index contributed by atoms with van der Waals surface area (Å²) in [6.45, 7) is 6.46. The molecular weight excluding hydrogens is 382 g/mol. The molecule has 4 rings (SSSR count). The SMILES string of the molecule is CCC(CC)Cn1c(=O)c(C(=O)NC2CC2)c(O)n2ncc(C3=CCN(C)CC3)c12. The van der Waals surface area contributed by atoms with Crippen LogP contribution in [0.4, 0.5) is 0 Å². The topological polar surface area (TPSA) is 91.9 Å². The number of nitrogens with zero attached hydrogens (tertiary/aromatic N) is 4. The molecule has 0 atom stereocenters. The van der Waals surface area contributed by atoms with Gasteiger partial charge >= 0.3 is 0 Å². The average molecular weight is 414 g/mol. The van der Waals surface area contributed by atoms with E-state index in [4.69, 9.17) is 0 Å². The summed E-state index contributed by atoms with van der Waals surface area (Å²) in [7, 11) is 2.07. The van der Waals surface area contributed by atoms with Gasteiger partial charge in [0.2, 0.25) is 5.88 Å². The van der Waals surface area contributed by atoms with Crippen LogP contribution in [0.3, 0.4) is 0 Å². The number of fused-ring (bicyclic) bond motifs is 1. The van der Waals surface area contributed by atoms with Crippen LogP contribution in [-0.4, -0.2) is 56.3 Å². The maximum Gasteiger partial charge on any atom is 0.270 e. The molecule has 0 aromatic carbocycles. The van der Waals surface area contributed by atoms with Gasteiger partial charge in [0.05, 0.1) is 6.20 Å². The number of rotatable bonds is 7. The van der Waals surface area contributed by atoms with E-state index in [2.05, 4.69) is 42.3 Å². The lowest BCUT2D eigenvalue weighted by Gasteiger charge is -2.23. The molecule has 1 aliphatic carbocycles. The third kappa shape index (κ3) is 3.76. The summed E-state index contributed by atoms with van der Waals surface area (Å²) in [5.74, 6) is -0.603. The predicted molar refractivity (Wildman–Crippen MR) is 116 cm³/mol. The third-order valence-electron chi connectivity index (χ3n) is 6.38. The van der Waals surface area contributed by atoms with Gasteiger partial charge in [0, 0.05) is 31.2 Å². The molecule has 2 aromatic rings. The van der Waals surface area contributed by atoms with Crippen LogP contribution in [0.25, 0.3) is 11.2 Å². The molecule has 1 saturated carbocycles. The summed E-state index contributed by atoms with van der Waals surface area (Å²) < 4.78 is 3.01. The first-order chi connectivity index (χ1) is 14.4. The van der Waals surface area contributed by atoms with Crippen LogP contribution in [0.1, 0.15) is 61.9 Å². The molecule has 1 amide bonds. The van der Waals surface area contributed by atoms with Crippen molar-refractivity contribution in [3.63, 3.8) is 0 Å². The molecule has 0 radical (unpaired) electrons. The minimum atomic E-state index is -0.518. The van der Waals surface area contributed by atoms with Crippen LogP contribution in [0.15, 0.2) is 17.1 Å². The zero-order valence-electron chi connectivity index (χ0n) is 18.0. The number of hydrogen-bond donors (Lipinski definition) is 2. The maximum absolute atomic E-state index is 13.5. The van der Waals surface area contributed by atoms with E-state index in [0.29, 0.717) is 18.1 Å². The van der Waals surface area contributed by atoms with Crippen molar-refractivity contribution < 1.29 is 9.90 Å². The Morgan fingerprint density at radius 1 is 1.33 bits per heavy atom. The summed E-state index contributed by atoms with van der Waals surface area (Å²) >= 11 is 0. The number of amides is 1. The van der Waals surface area contributed by atoms with Gasteiger partial charge in [-0.25, -0.2) is 0 Å². The number of hydrogen-bond acceptors (Lipinski definition) is 5. The van der Waals surface area contributed by atoms with Gasteiger partial charge < -0.3 is 15.3 Å². The molecule has 30 heavy (non-hydrogen) atoms. The van der Waals surface area contributed by atoms with Crippen molar-refractivity contribution in [2.75, 3.05) is 20.1 Å². The van der Waals surface area contributed by atoms with Crippen LogP contribution in [0.5, 0.6) is 5.88 Å². The first-order valence-electron chi connectivity index (χ1n) is 11.0. The van der Waals surface area contributed by atoms with Crippen LogP contribution >= 0.6 is 0 Å². The highest BCUT2D eigenvalue weighted by Crippen LogP contribution is 2.29. The summed E-state index contributed by atoms with van der Waals surface area (Å²) in [6, 6.07) is 0.0945. The highest BCUT2D eigenvalue weighted by molar-refractivity contribution is 5.97. The second-order valence-corrected chi connectivity index (χ2v) is 8.58. The molecule has 0 spiro atoms. The summed E-state index contributed by atoms with van der Waals surface area (Å²) in [5.41, 5.74) is 1.89. The van der Waals surface area contributed by atoms with E-state index < -0.39 is 11.5 Å². The van der Waals surface area contributed by atoms with E-state index in [9.17, 15) is 14.7 Å². The Bertz CT molecular complexity index is 1040. The lowest BCUT2D eigenvalue weighted by molar-refractivity contribution is 0.0944. The largest absolute Gasteiger partial charge is 0.492 e. The zero-order chi connectivity index (χ0) is 21.4. The van der Waals surface area contributed by atoms with Crippen LogP contribution in [0, 0.1) is 5.92 Å². The Balaban J connectivity index is 1.90. The van der Waals surface area contributed by atoms with E-state index in [1.807, 2.05) is 0 Å². The zero-order valence-corrected chi connectivity index (χ0v) is 18.0. The van der Waals surface area contributed by atoms with Crippen molar-refractivity contribution >= 4 is 17.1 Å². The second kappa shape index (κ2) is 8.26. The molecule has 1 fully saturated rings. The Kier molecular flexibility index (Phi) is 5.69. The van der Waals surface area contributed by atoms with E-state index >= 15 is 0 Å². The summed E-state index contributed by atoms with van der Waals surface area (Å²) in [4.78, 5) is 28.5. The van der Waals surface area contributed by atoms with Gasteiger partial charge in [-0.1, -0.05) is 32.8 Å². The smallest absolute Gasteiger partial charge is 0.270 e. The molecule has 0 bridgehead atoms. The summed E-state index contributed by atoms with van der Waals surface area (Å²) in [5, 5.41) is 18.1. The number of likely N-dealkylation sites (N-methyl/N-ethyl adjacent to an activating group) is 1. The maximum atomic E-state index is 13.5. The monoisotopic (exact) mass is 413 g/mol. The molecule has 162 valence electrons. The van der Waals surface area contributed by atoms with Gasteiger partial charge in [-0.2, -0.15) is 9.61 Å². The summed E-state index contributed by atoms with van der Waals surface area (Å²) in [6.07, 6.45) is 8.38. The van der Waals surface area contributed by atoms with Crippen molar-refractivity contribution in [2.24, 2.45) is 5.92 Å². The first-order valence-corrected chi connectivity index (χ1v) is 11.0. The van der Waals surface area contributed by atoms with Gasteiger partial charge in [0.25, 0.3) is 11.5 Å². The standard InChI is InChI=1S/C22H31N5O3/c1-4-14(5-2)13-26-20-17(15-8-10-25(3)11-9-15)12-23-27(20)22(30)18(21(26)29)19(28)24-16-6-7-16/h8,12,14,16,30H,4-7,9-11,13H2,1-3H3,(H,24,28). The lowest BCUT2D eigenvalue weighted by atomic mass is 10.0. The van der Waals surface area contributed by atoms with Gasteiger partial charge in [0.1, 0.15) is 5.65 Å². The Morgan fingerprint density at radius 2 is 2.07 bits per heavy atom. The second-order valence-electron chi connectivity index (χ2n) is 8.58. The highest BCUT2D eigenvalue weighted by atomic mass is 16.3. The average Bonchev–Trinajstić information content (AvgIpc) is 3.43. The molecule has 0 saturated heterocycles. The minimum Gasteiger partial charge on any atom is -0.492 e. The number of nitrogens with one attached hydrogen (secondary N) is 1. The Hall–Kier alpha value is -2.61. The first kappa shape index (κ1) is 20.7. The van der Waals surface area contributed by atoms with Crippen LogP contribution in [0.2, 0.25) is 0 Å². The third-order valence-corrected chi connectivity index (χ3v) is 6.38. The quantitative estimate of drug-likeness (QED) is 0.726. The fourth-order valence-corrected chi connectivity index (χ4v) is 4.09. The molecular formula is C22H31N5O3. The fraction of sp³-hybridized carbons (Fsp3) is 0.591. The Labute approximate surface area is 176 Å². The molecule has 2 aromatic heterocycles. The normalized spacial score (nSPS) is 17.5. The molecule has 8 heteroatoms. The van der Waals surface area contributed by atoms with Crippen molar-refractivity contribution in [1.82, 2.24) is 24.4 Å². The predicted octanol–water partition coefficient (Wildman–Crippen LogP) is 2.25. The van der Waals surface area contributed by atoms with Crippen molar-refractivity contribution in [3.8, 4) is 5.88 Å². The molecule has 8 nitrogen and oxygen atoms in total. The minimum absolute atomic E-state index is 0.0945. The van der Waals surface area contributed by atoms with E-state index in [1.54, 1.807) is 10.8 Å². The number of aromatic nitrogens is 3. The van der Waals surface area contributed by atoms with Gasteiger partial charge in [-0.05, 0) is 37.8 Å². The highest BCUT2D eigenvalue weighted by Gasteiger charge is 2.30. The van der Waals surface area contributed by atoms with Crippen molar-refractivity contribution in [2.45, 2.75) is 58.5 Å². The van der Waals surface area contributed by atoms with Crippen molar-refractivity contribution in [1.29, 1.82) is 0 Å². The van der Waals surface area contributed by atoms with E-state index in [-0.39, 0.29) is 17.5 Å². The van der Waals surface area contributed by atoms with Crippen LogP contribution in [-0.2, 0) is 6.54 Å². The number of carbonyl (C=O) groups is 1. The number of carbonyl (C=O) groups excluding carboxylic acids is 1. The molecule has 0 unspecified atom stereocenters. The molecule has 2 aliphatic rings. The molecule has 3 heterocycles. The van der Waals surface area contributed by atoms with Crippen molar-refractivity contribution in [3.05, 3.63) is 33.8 Å². The molecule has 1 aliphatic heterocycles. The van der Waals surface area contributed by atoms with Gasteiger partial charge in [-0.15, -0.1) is 0 Å². The lowest BCUT2D eigenvalue weighted by Crippen LogP contribution is -2.36. The Morgan fingerprint density at radius 3 is 2.67 bits per heavy atom. The van der Waals surface area contributed by atoms with Gasteiger partial charge in [0.15, 0.2) is 5.56 Å². The van der Waals surface area contributed by atoms with Gasteiger partial charge in [-0.3, -0.25) is 14.2 Å². The number of aromatic hydroxyl groups is 1. The van der Waals surface area contributed by atoms with Crippen LogP contribution < -0.4 is 10.9 Å². The van der Waals surface area contributed by atoms with E-state index in [1.165, 1.54) is 4.52 Å².